The molecule has 1 aromatic carbocycles. The molecule has 146 valence electrons. The molecule has 0 unspecified atom stereocenters. The molecule has 3 rings (SSSR count). The predicted octanol–water partition coefficient (Wildman–Crippen LogP) is 1.63. The Balaban J connectivity index is 1.66. The first-order chi connectivity index (χ1) is 12.5. The smallest absolute Gasteiger partial charge is 0.0972 e. The summed E-state index contributed by atoms with van der Waals surface area (Å²) in [6.45, 7) is 15.1. The second-order valence-electron chi connectivity index (χ2n) is 8.04. The third kappa shape index (κ3) is 4.84. The van der Waals surface area contributed by atoms with Crippen LogP contribution in [-0.4, -0.2) is 84.9 Å². The zero-order chi connectivity index (χ0) is 18.7. The van der Waals surface area contributed by atoms with Crippen LogP contribution in [0.5, 0.6) is 0 Å². The lowest BCUT2D eigenvalue weighted by molar-refractivity contribution is -0.00245. The van der Waals surface area contributed by atoms with E-state index in [1.165, 1.54) is 22.3 Å². The van der Waals surface area contributed by atoms with Gasteiger partial charge in [-0.3, -0.25) is 9.80 Å². The SMILES string of the molecule is CCO[C@@H]1CN(Cc2cc(CN3CCN(C)CC3)c(C)cc2C)C[C@H]1O. The molecule has 0 aromatic heterocycles. The monoisotopic (exact) mass is 361 g/mol. The van der Waals surface area contributed by atoms with Gasteiger partial charge in [0, 0.05) is 59.0 Å². The van der Waals surface area contributed by atoms with Crippen molar-refractivity contribution in [3.8, 4) is 0 Å². The average Bonchev–Trinajstić information content (AvgIpc) is 2.94. The Morgan fingerprint density at radius 2 is 1.58 bits per heavy atom. The molecule has 1 aromatic rings. The van der Waals surface area contributed by atoms with Gasteiger partial charge in [-0.1, -0.05) is 12.1 Å². The highest BCUT2D eigenvalue weighted by Crippen LogP contribution is 2.22. The van der Waals surface area contributed by atoms with Gasteiger partial charge in [-0.2, -0.15) is 0 Å². The van der Waals surface area contributed by atoms with Crippen LogP contribution in [0.3, 0.4) is 0 Å². The second kappa shape index (κ2) is 8.81. The molecule has 5 nitrogen and oxygen atoms in total. The number of aliphatic hydroxyl groups is 1. The van der Waals surface area contributed by atoms with E-state index in [4.69, 9.17) is 4.74 Å². The molecule has 0 bridgehead atoms. The molecule has 1 N–H and O–H groups in total. The van der Waals surface area contributed by atoms with Crippen molar-refractivity contribution in [1.82, 2.24) is 14.7 Å². The topological polar surface area (TPSA) is 39.2 Å². The number of piperazine rings is 1. The van der Waals surface area contributed by atoms with Crippen molar-refractivity contribution in [2.75, 3.05) is 52.9 Å². The van der Waals surface area contributed by atoms with Gasteiger partial charge in [-0.25, -0.2) is 0 Å². The number of nitrogens with zero attached hydrogens (tertiary/aromatic N) is 3. The largest absolute Gasteiger partial charge is 0.389 e. The van der Waals surface area contributed by atoms with Crippen molar-refractivity contribution in [1.29, 1.82) is 0 Å². The summed E-state index contributed by atoms with van der Waals surface area (Å²) in [7, 11) is 2.20. The number of hydrogen-bond donors (Lipinski definition) is 1. The standard InChI is InChI=1S/C21H35N3O2/c1-5-26-21-15-24(14-20(21)25)13-19-11-18(16(2)10-17(19)3)12-23-8-6-22(4)7-9-23/h10-11,20-21,25H,5-9,12-15H2,1-4H3/t20-,21-/m1/s1. The molecule has 2 fully saturated rings. The fourth-order valence-corrected chi connectivity index (χ4v) is 4.12. The van der Waals surface area contributed by atoms with Crippen LogP contribution in [0.25, 0.3) is 0 Å². The van der Waals surface area contributed by atoms with Crippen molar-refractivity contribution >= 4 is 0 Å². The fraction of sp³-hybridized carbons (Fsp3) is 0.714. The van der Waals surface area contributed by atoms with E-state index in [9.17, 15) is 5.11 Å². The van der Waals surface area contributed by atoms with E-state index in [-0.39, 0.29) is 12.2 Å². The minimum absolute atomic E-state index is 0.0458. The minimum Gasteiger partial charge on any atom is -0.389 e. The summed E-state index contributed by atoms with van der Waals surface area (Å²) < 4.78 is 5.66. The molecule has 0 amide bonds. The van der Waals surface area contributed by atoms with Gasteiger partial charge in [-0.05, 0) is 50.1 Å². The van der Waals surface area contributed by atoms with Gasteiger partial charge in [0.25, 0.3) is 0 Å². The predicted molar refractivity (Wildman–Crippen MR) is 105 cm³/mol. The van der Waals surface area contributed by atoms with E-state index in [1.807, 2.05) is 6.92 Å². The van der Waals surface area contributed by atoms with E-state index in [0.717, 1.165) is 45.8 Å². The zero-order valence-corrected chi connectivity index (χ0v) is 16.9. The lowest BCUT2D eigenvalue weighted by Crippen LogP contribution is -2.44. The first kappa shape index (κ1) is 19.8. The molecule has 2 aliphatic heterocycles. The number of rotatable bonds is 6. The van der Waals surface area contributed by atoms with Crippen molar-refractivity contribution < 1.29 is 9.84 Å². The van der Waals surface area contributed by atoms with Gasteiger partial charge in [0.2, 0.25) is 0 Å². The first-order valence-electron chi connectivity index (χ1n) is 9.98. The van der Waals surface area contributed by atoms with Crippen LogP contribution in [-0.2, 0) is 17.8 Å². The Morgan fingerprint density at radius 3 is 2.19 bits per heavy atom. The number of aryl methyl sites for hydroxylation is 2. The third-order valence-electron chi connectivity index (χ3n) is 5.87. The van der Waals surface area contributed by atoms with Gasteiger partial charge in [0.15, 0.2) is 0 Å². The van der Waals surface area contributed by atoms with Crippen LogP contribution in [0.4, 0.5) is 0 Å². The Hall–Kier alpha value is -0.980. The van der Waals surface area contributed by atoms with E-state index < -0.39 is 0 Å². The van der Waals surface area contributed by atoms with Crippen molar-refractivity contribution in [2.24, 2.45) is 0 Å². The van der Waals surface area contributed by atoms with Gasteiger partial charge in [-0.15, -0.1) is 0 Å². The average molecular weight is 362 g/mol. The molecule has 2 atom stereocenters. The summed E-state index contributed by atoms with van der Waals surface area (Å²) in [5, 5.41) is 10.2. The molecule has 0 radical (unpaired) electrons. The summed E-state index contributed by atoms with van der Waals surface area (Å²) in [5.41, 5.74) is 5.55. The van der Waals surface area contributed by atoms with Crippen LogP contribution < -0.4 is 0 Å². The maximum Gasteiger partial charge on any atom is 0.0972 e. The Kier molecular flexibility index (Phi) is 6.70. The number of benzene rings is 1. The molecule has 0 aliphatic carbocycles. The second-order valence-corrected chi connectivity index (χ2v) is 8.04. The zero-order valence-electron chi connectivity index (χ0n) is 16.9. The Bertz CT molecular complexity index is 599. The number of β-amino-alcohol motifs (C(OH)–C–C–N with tert-alkyl or cyclic N) is 1. The quantitative estimate of drug-likeness (QED) is 0.834. The summed E-state index contributed by atoms with van der Waals surface area (Å²) in [4.78, 5) is 7.28. The normalized spacial score (nSPS) is 25.9. The van der Waals surface area contributed by atoms with Crippen LogP contribution in [0.1, 0.15) is 29.2 Å². The molecule has 26 heavy (non-hydrogen) atoms. The fourth-order valence-electron chi connectivity index (χ4n) is 4.12. The van der Waals surface area contributed by atoms with Gasteiger partial charge in [0.05, 0.1) is 12.2 Å². The van der Waals surface area contributed by atoms with Crippen molar-refractivity contribution in [3.63, 3.8) is 0 Å². The van der Waals surface area contributed by atoms with Crippen LogP contribution >= 0.6 is 0 Å². The maximum atomic E-state index is 10.2. The van der Waals surface area contributed by atoms with E-state index in [1.54, 1.807) is 0 Å². The molecular weight excluding hydrogens is 326 g/mol. The molecule has 5 heteroatoms. The van der Waals surface area contributed by atoms with E-state index in [0.29, 0.717) is 13.2 Å². The summed E-state index contributed by atoms with van der Waals surface area (Å²) in [5.74, 6) is 0. The number of ether oxygens (including phenoxy) is 1. The summed E-state index contributed by atoms with van der Waals surface area (Å²) in [6, 6.07) is 4.72. The van der Waals surface area contributed by atoms with E-state index in [2.05, 4.69) is 47.7 Å². The summed E-state index contributed by atoms with van der Waals surface area (Å²) >= 11 is 0. The lowest BCUT2D eigenvalue weighted by Gasteiger charge is -2.33. The van der Waals surface area contributed by atoms with Crippen molar-refractivity contribution in [2.45, 2.75) is 46.1 Å². The first-order valence-corrected chi connectivity index (χ1v) is 9.98. The van der Waals surface area contributed by atoms with E-state index >= 15 is 0 Å². The summed E-state index contributed by atoms with van der Waals surface area (Å²) in [6.07, 6.45) is -0.416. The Morgan fingerprint density at radius 1 is 0.962 bits per heavy atom. The molecule has 0 saturated carbocycles. The molecule has 2 saturated heterocycles. The maximum absolute atomic E-state index is 10.2. The van der Waals surface area contributed by atoms with Gasteiger partial charge >= 0.3 is 0 Å². The van der Waals surface area contributed by atoms with Gasteiger partial charge in [0.1, 0.15) is 0 Å². The van der Waals surface area contributed by atoms with Crippen LogP contribution in [0, 0.1) is 13.8 Å². The highest BCUT2D eigenvalue weighted by molar-refractivity contribution is 5.37. The van der Waals surface area contributed by atoms with Gasteiger partial charge < -0.3 is 14.7 Å². The highest BCUT2D eigenvalue weighted by Gasteiger charge is 2.31. The molecule has 2 heterocycles. The molecule has 0 spiro atoms. The van der Waals surface area contributed by atoms with Crippen LogP contribution in [0.2, 0.25) is 0 Å². The lowest BCUT2D eigenvalue weighted by atomic mass is 9.99. The number of aliphatic hydroxyl groups excluding tert-OH is 1. The molecular formula is C21H35N3O2. The van der Waals surface area contributed by atoms with Crippen molar-refractivity contribution in [3.05, 3.63) is 34.4 Å². The third-order valence-corrected chi connectivity index (χ3v) is 5.87. The number of likely N-dealkylation sites (N-methyl/N-ethyl adjacent to an activating group) is 1. The number of likely N-dealkylation sites (tertiary alicyclic amines) is 1. The molecule has 2 aliphatic rings. The Labute approximate surface area is 158 Å². The number of hydrogen-bond acceptors (Lipinski definition) is 5. The highest BCUT2D eigenvalue weighted by atomic mass is 16.5. The minimum atomic E-state index is -0.370. The van der Waals surface area contributed by atoms with Crippen LogP contribution in [0.15, 0.2) is 12.1 Å².